The lowest BCUT2D eigenvalue weighted by Gasteiger charge is -2.71. The van der Waals surface area contributed by atoms with Gasteiger partial charge in [0.1, 0.15) is 0 Å². The average molecular weight is 698 g/mol. The Hall–Kier alpha value is -2.95. The Morgan fingerprint density at radius 2 is 1.76 bits per heavy atom. The number of aliphatic hydroxyl groups excluding tert-OH is 1. The van der Waals surface area contributed by atoms with Gasteiger partial charge in [-0.3, -0.25) is 4.79 Å². The van der Waals surface area contributed by atoms with Crippen molar-refractivity contribution in [3.05, 3.63) is 81.6 Å². The second kappa shape index (κ2) is 11.8. The number of carbonyl (C=O) groups excluding carboxylic acids is 2. The summed E-state index contributed by atoms with van der Waals surface area (Å²) in [6.07, 6.45) is 5.59. The lowest BCUT2D eigenvalue weighted by molar-refractivity contribution is -0.175. The van der Waals surface area contributed by atoms with E-state index >= 15 is 0 Å². The number of nitrogens with zero attached hydrogens (tertiary/aromatic N) is 1. The molecule has 0 aliphatic heterocycles. The van der Waals surface area contributed by atoms with Crippen molar-refractivity contribution in [2.45, 2.75) is 90.0 Å². The summed E-state index contributed by atoms with van der Waals surface area (Å²) in [5.74, 6) is -0.636. The second-order valence-corrected chi connectivity index (χ2v) is 16.7. The average Bonchev–Trinajstić information content (AvgIpc) is 3.68. The highest BCUT2D eigenvalue weighted by molar-refractivity contribution is 7.09. The lowest BCUT2D eigenvalue weighted by Crippen LogP contribution is -2.67. The Balaban J connectivity index is 1.30. The maximum atomic E-state index is 14.7. The minimum absolute atomic E-state index is 0.00679. The van der Waals surface area contributed by atoms with Crippen LogP contribution in [0.1, 0.15) is 86.5 Å². The molecule has 0 radical (unpaired) electrons. The summed E-state index contributed by atoms with van der Waals surface area (Å²) in [6.45, 7) is 6.79. The number of hydrogen-bond acceptors (Lipinski definition) is 6. The van der Waals surface area contributed by atoms with Crippen LogP contribution in [0.2, 0.25) is 0 Å². The number of aliphatic hydroxyl groups is 2. The molecule has 6 aliphatic rings. The van der Waals surface area contributed by atoms with Crippen molar-refractivity contribution in [2.24, 2.45) is 33.5 Å². The molecule has 8 rings (SSSR count). The molecule has 2 N–H and O–H groups in total. The van der Waals surface area contributed by atoms with E-state index in [9.17, 15) is 33.0 Å². The van der Waals surface area contributed by atoms with Gasteiger partial charge in [-0.15, -0.1) is 11.3 Å². The first kappa shape index (κ1) is 34.5. The molecule has 264 valence electrons. The summed E-state index contributed by atoms with van der Waals surface area (Å²) in [5.41, 5.74) is -4.09. The summed E-state index contributed by atoms with van der Waals surface area (Å²) in [7, 11) is 0. The molecule has 6 nitrogen and oxygen atoms in total. The Morgan fingerprint density at radius 1 is 1.02 bits per heavy atom. The number of rotatable bonds is 8. The number of amides is 1. The van der Waals surface area contributed by atoms with Crippen LogP contribution in [0.15, 0.2) is 65.6 Å². The van der Waals surface area contributed by atoms with Crippen LogP contribution in [0.4, 0.5) is 18.0 Å². The maximum Gasteiger partial charge on any atom is 0.416 e. The molecular formula is C39H46F3NO5S. The maximum absolute atomic E-state index is 14.7. The van der Waals surface area contributed by atoms with Crippen LogP contribution in [-0.4, -0.2) is 58.4 Å². The van der Waals surface area contributed by atoms with Gasteiger partial charge in [0.05, 0.1) is 30.4 Å². The smallest absolute Gasteiger partial charge is 0.416 e. The van der Waals surface area contributed by atoms with Crippen molar-refractivity contribution in [2.75, 3.05) is 19.7 Å². The first-order valence-electron chi connectivity index (χ1n) is 17.6. The van der Waals surface area contributed by atoms with Crippen molar-refractivity contribution in [1.29, 1.82) is 0 Å². The van der Waals surface area contributed by atoms with Gasteiger partial charge in [-0.25, -0.2) is 4.79 Å². The number of hydrogen-bond donors (Lipinski definition) is 2. The van der Waals surface area contributed by atoms with Crippen molar-refractivity contribution in [3.63, 3.8) is 0 Å². The van der Waals surface area contributed by atoms with E-state index in [0.29, 0.717) is 57.1 Å². The summed E-state index contributed by atoms with van der Waals surface area (Å²) in [4.78, 5) is 30.8. The van der Waals surface area contributed by atoms with Gasteiger partial charge in [0, 0.05) is 38.8 Å². The molecular weight excluding hydrogens is 651 g/mol. The van der Waals surface area contributed by atoms with Crippen LogP contribution < -0.4 is 0 Å². The zero-order valence-corrected chi connectivity index (χ0v) is 29.2. The van der Waals surface area contributed by atoms with E-state index in [1.165, 1.54) is 12.1 Å². The fraction of sp³-hybridized carbons (Fsp3) is 0.590. The molecule has 49 heavy (non-hydrogen) atoms. The summed E-state index contributed by atoms with van der Waals surface area (Å²) in [6, 6.07) is 8.67. The van der Waals surface area contributed by atoms with E-state index in [2.05, 4.69) is 26.0 Å². The number of ether oxygens (including phenoxy) is 1. The van der Waals surface area contributed by atoms with Crippen LogP contribution in [0.25, 0.3) is 0 Å². The Labute approximate surface area is 290 Å². The number of allylic oxidation sites excluding steroid dienone is 4. The number of alkyl halides is 3. The zero-order valence-electron chi connectivity index (χ0n) is 28.4. The van der Waals surface area contributed by atoms with Crippen LogP contribution in [0.5, 0.6) is 0 Å². The molecule has 1 aromatic heterocycles. The monoisotopic (exact) mass is 697 g/mol. The number of Topliss-reactive ketones (excluding diaryl/α,β-unsaturated/α-hetero) is 1. The van der Waals surface area contributed by atoms with Crippen molar-refractivity contribution in [1.82, 2.24) is 4.90 Å². The third-order valence-electron chi connectivity index (χ3n) is 13.6. The van der Waals surface area contributed by atoms with E-state index < -0.39 is 51.6 Å². The summed E-state index contributed by atoms with van der Waals surface area (Å²) < 4.78 is 47.0. The number of fused-ring (bicyclic) bond motifs is 1. The standard InChI is InChI=1S/C39H46F3NO5S/c1-4-48-33(46)43(19-13-28-9-6-20-49-28)24-37(47)16-12-31-35(37,3)15-11-30-34(2)14-10-27(44)22-36(34)17-18-38(30,31)29(23-36)32(45)25-7-5-8-26(21-25)39(40,41)42/h5-9,17-18,20-21,23,27,30-31,44,47H,4,10-16,19,22,24H2,1-3H3/t27?,30-,31-,34-,35+,36+,37-,38-/m1/s1. The Kier molecular flexibility index (Phi) is 8.31. The van der Waals surface area contributed by atoms with Gasteiger partial charge in [-0.1, -0.05) is 50.3 Å². The van der Waals surface area contributed by atoms with Crippen LogP contribution in [0.3, 0.4) is 0 Å². The molecule has 0 saturated heterocycles. The first-order chi connectivity index (χ1) is 23.1. The van der Waals surface area contributed by atoms with Gasteiger partial charge in [0.2, 0.25) is 0 Å². The number of halogens is 3. The van der Waals surface area contributed by atoms with Crippen LogP contribution >= 0.6 is 11.3 Å². The van der Waals surface area contributed by atoms with Gasteiger partial charge in [-0.05, 0) is 99.1 Å². The van der Waals surface area contributed by atoms with E-state index in [0.717, 1.165) is 23.4 Å². The van der Waals surface area contributed by atoms with E-state index in [1.54, 1.807) is 23.2 Å². The van der Waals surface area contributed by atoms with E-state index in [1.807, 2.05) is 23.6 Å². The van der Waals surface area contributed by atoms with Crippen molar-refractivity contribution < 1.29 is 37.7 Å². The largest absolute Gasteiger partial charge is 0.450 e. The molecule has 2 bridgehead atoms. The molecule has 6 aliphatic carbocycles. The normalized spacial score (nSPS) is 37.6. The highest BCUT2D eigenvalue weighted by Crippen LogP contribution is 2.78. The molecule has 8 atom stereocenters. The molecule has 3 fully saturated rings. The summed E-state index contributed by atoms with van der Waals surface area (Å²) >= 11 is 1.61. The second-order valence-electron chi connectivity index (χ2n) is 15.7. The van der Waals surface area contributed by atoms with Crippen LogP contribution in [-0.2, 0) is 17.3 Å². The quantitative estimate of drug-likeness (QED) is 0.214. The third kappa shape index (κ3) is 5.09. The number of thiophene rings is 1. The zero-order chi connectivity index (χ0) is 35.0. The van der Waals surface area contributed by atoms with Crippen molar-refractivity contribution in [3.8, 4) is 0 Å². The molecule has 2 aromatic rings. The minimum atomic E-state index is -4.60. The molecule has 1 amide bonds. The molecule has 1 aromatic carbocycles. The molecule has 2 spiro atoms. The van der Waals surface area contributed by atoms with Crippen molar-refractivity contribution >= 4 is 23.2 Å². The third-order valence-corrected chi connectivity index (χ3v) is 14.5. The molecule has 1 heterocycles. The fourth-order valence-corrected chi connectivity index (χ4v) is 11.8. The summed E-state index contributed by atoms with van der Waals surface area (Å²) in [5, 5.41) is 25.7. The van der Waals surface area contributed by atoms with Gasteiger partial charge < -0.3 is 19.8 Å². The fourth-order valence-electron chi connectivity index (χ4n) is 11.1. The molecule has 1 unspecified atom stereocenters. The van der Waals surface area contributed by atoms with E-state index in [-0.39, 0.29) is 36.0 Å². The predicted molar refractivity (Wildman–Crippen MR) is 181 cm³/mol. The Morgan fingerprint density at radius 3 is 2.47 bits per heavy atom. The van der Waals surface area contributed by atoms with Gasteiger partial charge in [0.15, 0.2) is 5.78 Å². The predicted octanol–water partition coefficient (Wildman–Crippen LogP) is 8.24. The number of carbonyl (C=O) groups is 2. The Bertz CT molecular complexity index is 1690. The van der Waals surface area contributed by atoms with E-state index in [4.69, 9.17) is 4.74 Å². The lowest BCUT2D eigenvalue weighted by atomic mass is 9.32. The van der Waals surface area contributed by atoms with Gasteiger partial charge in [-0.2, -0.15) is 13.2 Å². The molecule has 10 heteroatoms. The minimum Gasteiger partial charge on any atom is -0.450 e. The highest BCUT2D eigenvalue weighted by Gasteiger charge is 2.74. The van der Waals surface area contributed by atoms with Gasteiger partial charge in [0.25, 0.3) is 0 Å². The van der Waals surface area contributed by atoms with Crippen LogP contribution in [0, 0.1) is 33.5 Å². The first-order valence-corrected chi connectivity index (χ1v) is 18.5. The topological polar surface area (TPSA) is 87.1 Å². The molecule has 3 saturated carbocycles. The highest BCUT2D eigenvalue weighted by atomic mass is 32.1. The number of benzene rings is 1. The SMILES string of the molecule is CCOC(=O)N(CCc1cccs1)C[C@]1(O)CC[C@H]2[C@]34C=C[C@@]5(C=C3C(=O)c3cccc(C(F)(F)F)c3)CC(O)CC[C@]5(C)[C@H]4CC[C@@]21C. The number of ketones is 1. The van der Waals surface area contributed by atoms with Gasteiger partial charge >= 0.3 is 12.3 Å².